The number of unbranched alkanes of at least 4 members (excludes halogenated alkanes) is 25. The smallest absolute Gasteiger partial charge is 0.220 e. The molecule has 0 aromatic carbocycles. The predicted octanol–water partition coefficient (Wildman–Crippen LogP) is 5.83. The molecule has 2 aliphatic rings. The number of hydrogen-bond acceptors (Lipinski definition) is 13. The zero-order chi connectivity index (χ0) is 44.7. The Hall–Kier alpha value is -1.01. The van der Waals surface area contributed by atoms with Crippen molar-refractivity contribution in [3.63, 3.8) is 0 Å². The summed E-state index contributed by atoms with van der Waals surface area (Å²) in [6, 6.07) is -0.819. The molecule has 12 atom stereocenters. The van der Waals surface area contributed by atoms with Gasteiger partial charge in [0, 0.05) is 6.42 Å². The summed E-state index contributed by atoms with van der Waals surface area (Å²) >= 11 is 0. The van der Waals surface area contributed by atoms with Gasteiger partial charge in [0.2, 0.25) is 5.91 Å². The van der Waals surface area contributed by atoms with Gasteiger partial charge in [0.25, 0.3) is 0 Å². The topological polar surface area (TPSA) is 228 Å². The molecule has 0 aromatic rings. The van der Waals surface area contributed by atoms with E-state index in [-0.39, 0.29) is 12.5 Å². The Labute approximate surface area is 368 Å². The summed E-state index contributed by atoms with van der Waals surface area (Å²) in [7, 11) is 0. The van der Waals surface area contributed by atoms with Crippen molar-refractivity contribution in [2.75, 3.05) is 19.8 Å². The lowest BCUT2D eigenvalue weighted by atomic mass is 9.97. The number of ether oxygens (including phenoxy) is 4. The van der Waals surface area contributed by atoms with Gasteiger partial charge in [-0.15, -0.1) is 0 Å². The van der Waals surface area contributed by atoms with E-state index in [1.165, 1.54) is 122 Å². The van der Waals surface area contributed by atoms with Crippen LogP contribution >= 0.6 is 0 Å². The second-order valence-corrected chi connectivity index (χ2v) is 18.0. The second kappa shape index (κ2) is 35.3. The average Bonchev–Trinajstić information content (AvgIpc) is 3.26. The fourth-order valence-electron chi connectivity index (χ4n) is 8.47. The maximum absolute atomic E-state index is 13.1. The molecule has 2 heterocycles. The number of amides is 1. The van der Waals surface area contributed by atoms with E-state index in [2.05, 4.69) is 19.2 Å². The van der Waals surface area contributed by atoms with Crippen molar-refractivity contribution in [1.29, 1.82) is 0 Å². The minimum atomic E-state index is -1.78. The Bertz CT molecular complexity index is 1040. The molecular weight excluding hydrogens is 787 g/mol. The fraction of sp³-hybridized carbons (Fsp3) is 0.979. The monoisotopic (exact) mass is 878 g/mol. The molecule has 14 nitrogen and oxygen atoms in total. The third kappa shape index (κ3) is 23.1. The number of rotatable bonds is 38. The fourth-order valence-corrected chi connectivity index (χ4v) is 8.47. The van der Waals surface area contributed by atoms with Crippen LogP contribution in [0.4, 0.5) is 0 Å². The Kier molecular flexibility index (Phi) is 32.5. The third-order valence-corrected chi connectivity index (χ3v) is 12.6. The van der Waals surface area contributed by atoms with Crippen molar-refractivity contribution in [2.45, 2.75) is 274 Å². The van der Waals surface area contributed by atoms with Crippen LogP contribution in [0.3, 0.4) is 0 Å². The number of nitrogens with one attached hydrogen (secondary N) is 1. The Morgan fingerprint density at radius 3 is 1.39 bits per heavy atom. The Balaban J connectivity index is 1.83. The molecule has 0 bridgehead atoms. The molecule has 2 saturated heterocycles. The number of hydrogen-bond donors (Lipinski definition) is 9. The van der Waals surface area contributed by atoms with E-state index in [0.29, 0.717) is 12.8 Å². The quantitative estimate of drug-likeness (QED) is 0.0334. The lowest BCUT2D eigenvalue weighted by Gasteiger charge is -2.46. The van der Waals surface area contributed by atoms with E-state index in [1.807, 2.05) is 0 Å². The second-order valence-electron chi connectivity index (χ2n) is 18.0. The lowest BCUT2D eigenvalue weighted by molar-refractivity contribution is -0.359. The maximum Gasteiger partial charge on any atom is 0.220 e. The van der Waals surface area contributed by atoms with Gasteiger partial charge < -0.3 is 65.1 Å². The van der Waals surface area contributed by atoms with E-state index < -0.39 is 86.8 Å². The Morgan fingerprint density at radius 1 is 0.525 bits per heavy atom. The van der Waals surface area contributed by atoms with Gasteiger partial charge in [-0.3, -0.25) is 4.79 Å². The van der Waals surface area contributed by atoms with Crippen LogP contribution in [0.15, 0.2) is 0 Å². The van der Waals surface area contributed by atoms with Crippen molar-refractivity contribution < 1.29 is 64.6 Å². The SMILES string of the molecule is CCCCCCCCCCCCCCCCCCC[C@@H](O)[C@H](CO[C@@H]1O[C@H](CO)[C@@H](O[C@@H]2O[C@H](CO)[C@H](O)C(O)C2O)C(O)C1O)NC(=O)CCCCCCCCCCCC. The van der Waals surface area contributed by atoms with Crippen LogP contribution in [0, 0.1) is 0 Å². The Morgan fingerprint density at radius 2 is 0.934 bits per heavy atom. The van der Waals surface area contributed by atoms with Crippen LogP contribution in [0.1, 0.15) is 200 Å². The number of carbonyl (C=O) groups excluding carboxylic acids is 1. The van der Waals surface area contributed by atoms with Crippen LogP contribution in [0.5, 0.6) is 0 Å². The molecule has 362 valence electrons. The predicted molar refractivity (Wildman–Crippen MR) is 236 cm³/mol. The van der Waals surface area contributed by atoms with Gasteiger partial charge >= 0.3 is 0 Å². The summed E-state index contributed by atoms with van der Waals surface area (Å²) in [6.07, 6.45) is 16.8. The lowest BCUT2D eigenvalue weighted by Crippen LogP contribution is -2.65. The van der Waals surface area contributed by atoms with E-state index in [9.17, 15) is 45.6 Å². The first-order chi connectivity index (χ1) is 29.6. The first kappa shape index (κ1) is 56.1. The molecule has 0 radical (unpaired) electrons. The van der Waals surface area contributed by atoms with E-state index in [4.69, 9.17) is 18.9 Å². The van der Waals surface area contributed by atoms with Crippen LogP contribution in [0.2, 0.25) is 0 Å². The van der Waals surface area contributed by atoms with Crippen molar-refractivity contribution in [2.24, 2.45) is 0 Å². The molecule has 0 aromatic heterocycles. The van der Waals surface area contributed by atoms with Gasteiger partial charge in [-0.1, -0.05) is 181 Å². The summed E-state index contributed by atoms with van der Waals surface area (Å²) in [4.78, 5) is 13.1. The minimum absolute atomic E-state index is 0.207. The van der Waals surface area contributed by atoms with Crippen LogP contribution in [-0.2, 0) is 23.7 Å². The highest BCUT2D eigenvalue weighted by molar-refractivity contribution is 5.76. The van der Waals surface area contributed by atoms with Crippen molar-refractivity contribution in [3.05, 3.63) is 0 Å². The highest BCUT2D eigenvalue weighted by atomic mass is 16.7. The van der Waals surface area contributed by atoms with Crippen LogP contribution in [0.25, 0.3) is 0 Å². The summed E-state index contributed by atoms with van der Waals surface area (Å²) in [5.41, 5.74) is 0. The summed E-state index contributed by atoms with van der Waals surface area (Å²) in [5, 5.41) is 86.7. The number of aliphatic hydroxyl groups is 8. The molecule has 61 heavy (non-hydrogen) atoms. The standard InChI is InChI=1S/C47H91NO13/c1-3-5-7-9-11-13-15-16-17-18-19-20-21-22-24-26-28-30-36(51)35(48-39(52)31-29-27-25-23-14-12-10-8-6-4-2)34-58-46-44(57)42(55)45(38(33-50)60-46)61-47-43(56)41(54)40(53)37(32-49)59-47/h35-38,40-47,49-51,53-57H,3-34H2,1-2H3,(H,48,52)/t35-,36+,37+,38+,40-,41?,42?,43?,44?,45+,46+,47-/m0/s1. The van der Waals surface area contributed by atoms with Gasteiger partial charge in [0.1, 0.15) is 48.8 Å². The molecule has 2 fully saturated rings. The molecule has 4 unspecified atom stereocenters. The molecule has 9 N–H and O–H groups in total. The first-order valence-corrected chi connectivity index (χ1v) is 24.8. The van der Waals surface area contributed by atoms with Gasteiger partial charge in [-0.25, -0.2) is 0 Å². The largest absolute Gasteiger partial charge is 0.394 e. The van der Waals surface area contributed by atoms with E-state index >= 15 is 0 Å². The third-order valence-electron chi connectivity index (χ3n) is 12.6. The summed E-state index contributed by atoms with van der Waals surface area (Å²) < 4.78 is 22.7. The van der Waals surface area contributed by atoms with E-state index in [1.54, 1.807) is 0 Å². The van der Waals surface area contributed by atoms with Crippen molar-refractivity contribution in [3.8, 4) is 0 Å². The van der Waals surface area contributed by atoms with E-state index in [0.717, 1.165) is 51.4 Å². The molecule has 0 aliphatic carbocycles. The molecule has 1 amide bonds. The highest BCUT2D eigenvalue weighted by Gasteiger charge is 2.51. The highest BCUT2D eigenvalue weighted by Crippen LogP contribution is 2.30. The molecule has 0 spiro atoms. The van der Waals surface area contributed by atoms with Gasteiger partial charge in [-0.05, 0) is 12.8 Å². The zero-order valence-corrected chi connectivity index (χ0v) is 38.2. The van der Waals surface area contributed by atoms with Crippen molar-refractivity contribution in [1.82, 2.24) is 5.32 Å². The summed E-state index contributed by atoms with van der Waals surface area (Å²) in [6.45, 7) is 2.84. The van der Waals surface area contributed by atoms with Gasteiger partial charge in [-0.2, -0.15) is 0 Å². The van der Waals surface area contributed by atoms with Crippen LogP contribution in [-0.4, -0.2) is 140 Å². The van der Waals surface area contributed by atoms with Crippen molar-refractivity contribution >= 4 is 5.91 Å². The molecule has 2 rings (SSSR count). The first-order valence-electron chi connectivity index (χ1n) is 24.8. The molecular formula is C47H91NO13. The van der Waals surface area contributed by atoms with Crippen LogP contribution < -0.4 is 5.32 Å². The number of carbonyl (C=O) groups is 1. The number of aliphatic hydroxyl groups excluding tert-OH is 8. The van der Waals surface area contributed by atoms with Gasteiger partial charge in [0.05, 0.1) is 32.0 Å². The molecule has 2 aliphatic heterocycles. The minimum Gasteiger partial charge on any atom is -0.394 e. The maximum atomic E-state index is 13.1. The summed E-state index contributed by atoms with van der Waals surface area (Å²) in [5.74, 6) is -0.207. The molecule has 0 saturated carbocycles. The molecule has 14 heteroatoms. The average molecular weight is 878 g/mol. The zero-order valence-electron chi connectivity index (χ0n) is 38.2. The normalized spacial score (nSPS) is 27.9. The van der Waals surface area contributed by atoms with Gasteiger partial charge in [0.15, 0.2) is 12.6 Å².